The molecule has 84 valence electrons. The first-order valence-electron chi connectivity index (χ1n) is 5.92. The first kappa shape index (κ1) is 9.82. The molecule has 0 unspecified atom stereocenters. The average Bonchev–Trinajstić information content (AvgIpc) is 2.84. The summed E-state index contributed by atoms with van der Waals surface area (Å²) in [5.41, 5.74) is 0. The van der Waals surface area contributed by atoms with Crippen LogP contribution >= 0.6 is 0 Å². The zero-order chi connectivity index (χ0) is 10.3. The van der Waals surface area contributed by atoms with Crippen LogP contribution in [0.2, 0.25) is 0 Å². The number of hydrogen-bond donors (Lipinski definition) is 0. The Morgan fingerprint density at radius 3 is 2.07 bits per heavy atom. The third-order valence-electron chi connectivity index (χ3n) is 3.62. The fourth-order valence-electron chi connectivity index (χ4n) is 2.64. The van der Waals surface area contributed by atoms with Gasteiger partial charge < -0.3 is 14.2 Å². The first-order valence-corrected chi connectivity index (χ1v) is 5.92. The van der Waals surface area contributed by atoms with Crippen molar-refractivity contribution < 1.29 is 14.2 Å². The van der Waals surface area contributed by atoms with E-state index in [1.54, 1.807) is 0 Å². The van der Waals surface area contributed by atoms with Crippen molar-refractivity contribution in [2.75, 3.05) is 6.61 Å². The van der Waals surface area contributed by atoms with Crippen LogP contribution in [0.3, 0.4) is 0 Å². The fraction of sp³-hybridized carbons (Fsp3) is 0.833. The van der Waals surface area contributed by atoms with E-state index in [1.807, 2.05) is 6.08 Å². The van der Waals surface area contributed by atoms with E-state index in [9.17, 15) is 0 Å². The van der Waals surface area contributed by atoms with Gasteiger partial charge in [-0.25, -0.2) is 0 Å². The lowest BCUT2D eigenvalue weighted by Crippen LogP contribution is -2.27. The van der Waals surface area contributed by atoms with Crippen LogP contribution in [0.15, 0.2) is 12.7 Å². The van der Waals surface area contributed by atoms with E-state index in [2.05, 4.69) is 6.58 Å². The molecule has 15 heavy (non-hydrogen) atoms. The van der Waals surface area contributed by atoms with Crippen LogP contribution < -0.4 is 0 Å². The molecule has 0 aliphatic carbocycles. The molecule has 3 heteroatoms. The molecule has 0 spiro atoms. The van der Waals surface area contributed by atoms with Crippen molar-refractivity contribution >= 4 is 0 Å². The van der Waals surface area contributed by atoms with E-state index in [-0.39, 0.29) is 12.2 Å². The summed E-state index contributed by atoms with van der Waals surface area (Å²) in [5, 5.41) is 0. The second-order valence-corrected chi connectivity index (χ2v) is 4.69. The second kappa shape index (κ2) is 3.89. The van der Waals surface area contributed by atoms with Gasteiger partial charge in [-0.15, -0.1) is 6.58 Å². The zero-order valence-corrected chi connectivity index (χ0v) is 8.93. The number of epoxide rings is 1. The molecule has 0 N–H and O–H groups in total. The lowest BCUT2D eigenvalue weighted by Gasteiger charge is -2.19. The Hall–Kier alpha value is -0.380. The van der Waals surface area contributed by atoms with E-state index in [1.165, 1.54) is 0 Å². The summed E-state index contributed by atoms with van der Waals surface area (Å²) < 4.78 is 17.1. The summed E-state index contributed by atoms with van der Waals surface area (Å²) in [4.78, 5) is 0. The molecule has 0 aromatic carbocycles. The van der Waals surface area contributed by atoms with E-state index in [0.29, 0.717) is 18.3 Å². The van der Waals surface area contributed by atoms with Gasteiger partial charge in [0.15, 0.2) is 0 Å². The van der Waals surface area contributed by atoms with E-state index >= 15 is 0 Å². The van der Waals surface area contributed by atoms with Gasteiger partial charge in [-0.1, -0.05) is 6.08 Å². The highest BCUT2D eigenvalue weighted by molar-refractivity contribution is 4.93. The SMILES string of the molecule is C=C[C@H]1CC[C@H]([C@H]2CC[C@H]([C@@H]3CO3)O2)O1. The highest BCUT2D eigenvalue weighted by Crippen LogP contribution is 2.35. The first-order chi connectivity index (χ1) is 7.36. The van der Waals surface area contributed by atoms with Crippen LogP contribution in [0, 0.1) is 0 Å². The van der Waals surface area contributed by atoms with Crippen molar-refractivity contribution in [3.8, 4) is 0 Å². The van der Waals surface area contributed by atoms with Crippen molar-refractivity contribution in [3.63, 3.8) is 0 Å². The minimum absolute atomic E-state index is 0.245. The number of hydrogen-bond acceptors (Lipinski definition) is 3. The van der Waals surface area contributed by atoms with E-state index in [4.69, 9.17) is 14.2 Å². The topological polar surface area (TPSA) is 31.0 Å². The molecule has 0 amide bonds. The number of ether oxygens (including phenoxy) is 3. The molecule has 3 aliphatic heterocycles. The number of rotatable bonds is 3. The van der Waals surface area contributed by atoms with Gasteiger partial charge >= 0.3 is 0 Å². The smallest absolute Gasteiger partial charge is 0.107 e. The Bertz CT molecular complexity index is 249. The minimum Gasteiger partial charge on any atom is -0.370 e. The fourth-order valence-corrected chi connectivity index (χ4v) is 2.64. The Labute approximate surface area is 90.4 Å². The highest BCUT2D eigenvalue weighted by Gasteiger charge is 2.43. The van der Waals surface area contributed by atoms with Crippen LogP contribution in [-0.2, 0) is 14.2 Å². The monoisotopic (exact) mass is 210 g/mol. The molecule has 0 aromatic heterocycles. The summed E-state index contributed by atoms with van der Waals surface area (Å²) in [6, 6.07) is 0. The third-order valence-corrected chi connectivity index (χ3v) is 3.62. The summed E-state index contributed by atoms with van der Waals surface area (Å²) >= 11 is 0. The molecule has 0 radical (unpaired) electrons. The average molecular weight is 210 g/mol. The predicted molar refractivity (Wildman–Crippen MR) is 55.7 cm³/mol. The Morgan fingerprint density at radius 2 is 1.47 bits per heavy atom. The molecular weight excluding hydrogens is 192 g/mol. The molecular formula is C12H18O3. The standard InChI is InChI=1S/C12H18O3/c1-2-8-3-4-9(14-8)10-5-6-11(15-10)12-7-13-12/h2,8-12H,1,3-7H2/t8-,9+,10+,11+,12-/m0/s1. The van der Waals surface area contributed by atoms with Crippen molar-refractivity contribution in [3.05, 3.63) is 12.7 Å². The molecule has 3 heterocycles. The van der Waals surface area contributed by atoms with Crippen LogP contribution in [0.1, 0.15) is 25.7 Å². The molecule has 5 atom stereocenters. The third kappa shape index (κ3) is 1.96. The summed E-state index contributed by atoms with van der Waals surface area (Å²) in [5.74, 6) is 0. The zero-order valence-electron chi connectivity index (χ0n) is 8.93. The van der Waals surface area contributed by atoms with Gasteiger partial charge in [0.25, 0.3) is 0 Å². The maximum atomic E-state index is 5.98. The Balaban J connectivity index is 1.53. The van der Waals surface area contributed by atoms with Gasteiger partial charge in [-0.2, -0.15) is 0 Å². The lowest BCUT2D eigenvalue weighted by atomic mass is 10.1. The van der Waals surface area contributed by atoms with Gasteiger partial charge in [-0.05, 0) is 25.7 Å². The van der Waals surface area contributed by atoms with Crippen LogP contribution in [-0.4, -0.2) is 37.1 Å². The van der Waals surface area contributed by atoms with Crippen molar-refractivity contribution in [1.82, 2.24) is 0 Å². The Morgan fingerprint density at radius 1 is 0.867 bits per heavy atom. The molecule has 3 saturated heterocycles. The lowest BCUT2D eigenvalue weighted by molar-refractivity contribution is -0.0612. The largest absolute Gasteiger partial charge is 0.370 e. The summed E-state index contributed by atoms with van der Waals surface area (Å²) in [7, 11) is 0. The van der Waals surface area contributed by atoms with Crippen molar-refractivity contribution in [2.24, 2.45) is 0 Å². The summed E-state index contributed by atoms with van der Waals surface area (Å²) in [6.45, 7) is 4.66. The highest BCUT2D eigenvalue weighted by atomic mass is 16.6. The maximum Gasteiger partial charge on any atom is 0.107 e. The quantitative estimate of drug-likeness (QED) is 0.524. The second-order valence-electron chi connectivity index (χ2n) is 4.69. The van der Waals surface area contributed by atoms with Gasteiger partial charge in [0.05, 0.1) is 31.0 Å². The van der Waals surface area contributed by atoms with E-state index in [0.717, 1.165) is 32.3 Å². The maximum absolute atomic E-state index is 5.98. The van der Waals surface area contributed by atoms with Gasteiger partial charge in [-0.3, -0.25) is 0 Å². The minimum atomic E-state index is 0.245. The molecule has 0 aromatic rings. The van der Waals surface area contributed by atoms with Gasteiger partial charge in [0, 0.05) is 0 Å². The molecule has 0 saturated carbocycles. The van der Waals surface area contributed by atoms with Crippen LogP contribution in [0.5, 0.6) is 0 Å². The molecule has 0 bridgehead atoms. The molecule has 3 rings (SSSR count). The van der Waals surface area contributed by atoms with Gasteiger partial charge in [0.2, 0.25) is 0 Å². The van der Waals surface area contributed by atoms with Crippen LogP contribution in [0.4, 0.5) is 0 Å². The van der Waals surface area contributed by atoms with Crippen molar-refractivity contribution in [1.29, 1.82) is 0 Å². The molecule has 3 fully saturated rings. The molecule has 3 nitrogen and oxygen atoms in total. The molecule has 3 aliphatic rings. The van der Waals surface area contributed by atoms with Crippen LogP contribution in [0.25, 0.3) is 0 Å². The normalized spacial score (nSPS) is 49.5. The van der Waals surface area contributed by atoms with Gasteiger partial charge in [0.1, 0.15) is 6.10 Å². The predicted octanol–water partition coefficient (Wildman–Crippen LogP) is 1.67. The summed E-state index contributed by atoms with van der Waals surface area (Å²) in [6.07, 6.45) is 7.91. The van der Waals surface area contributed by atoms with E-state index < -0.39 is 0 Å². The Kier molecular flexibility index (Phi) is 2.54. The van der Waals surface area contributed by atoms with Crippen molar-refractivity contribution in [2.45, 2.75) is 56.2 Å².